The molecule has 3 heterocycles. The van der Waals surface area contributed by atoms with Crippen molar-refractivity contribution in [3.63, 3.8) is 0 Å². The maximum absolute atomic E-state index is 12.7. The molecule has 2 aromatic rings. The highest BCUT2D eigenvalue weighted by Crippen LogP contribution is 2.27. The largest absolute Gasteiger partial charge is 0.315 e. The molecule has 110 valence electrons. The average Bonchev–Trinajstić information content (AvgIpc) is 2.76. The first-order valence-corrected chi connectivity index (χ1v) is 7.73. The van der Waals surface area contributed by atoms with Crippen molar-refractivity contribution in [2.75, 3.05) is 13.1 Å². The van der Waals surface area contributed by atoms with Crippen LogP contribution in [0.4, 0.5) is 0 Å². The van der Waals surface area contributed by atoms with Crippen LogP contribution < -0.4 is 10.9 Å². The first kappa shape index (κ1) is 15.5. The number of nitrogens with zero attached hydrogens (tertiary/aromatic N) is 2. The topological polar surface area (TPSA) is 46.9 Å². The quantitative estimate of drug-likeness (QED) is 0.927. The molecular formula is C14H20ClN3OS. The molecule has 20 heavy (non-hydrogen) atoms. The lowest BCUT2D eigenvalue weighted by molar-refractivity contribution is 0.363. The van der Waals surface area contributed by atoms with E-state index in [1.165, 1.54) is 10.4 Å². The first-order valence-electron chi connectivity index (χ1n) is 6.92. The third-order valence-corrected chi connectivity index (χ3v) is 5.01. The molecule has 0 spiro atoms. The number of piperidine rings is 1. The molecule has 6 heteroatoms. The minimum Gasteiger partial charge on any atom is -0.315 e. The summed E-state index contributed by atoms with van der Waals surface area (Å²) in [6.45, 7) is 6.11. The molecule has 0 radical (unpaired) electrons. The molecule has 4 nitrogen and oxygen atoms in total. The number of hydrogen-bond acceptors (Lipinski definition) is 4. The highest BCUT2D eigenvalue weighted by atomic mass is 35.5. The van der Waals surface area contributed by atoms with E-state index in [-0.39, 0.29) is 24.0 Å². The fourth-order valence-electron chi connectivity index (χ4n) is 2.93. The zero-order valence-electron chi connectivity index (χ0n) is 11.8. The van der Waals surface area contributed by atoms with Crippen LogP contribution in [-0.2, 0) is 6.42 Å². The fourth-order valence-corrected chi connectivity index (χ4v) is 4.00. The molecule has 1 aliphatic rings. The number of halogens is 1. The maximum Gasteiger partial charge on any atom is 0.262 e. The fraction of sp³-hybridized carbons (Fsp3) is 0.571. The van der Waals surface area contributed by atoms with Gasteiger partial charge in [0, 0.05) is 11.4 Å². The van der Waals surface area contributed by atoms with E-state index < -0.39 is 0 Å². The van der Waals surface area contributed by atoms with Crippen molar-refractivity contribution in [1.29, 1.82) is 0 Å². The predicted octanol–water partition coefficient (Wildman–Crippen LogP) is 2.68. The monoisotopic (exact) mass is 313 g/mol. The average molecular weight is 314 g/mol. The van der Waals surface area contributed by atoms with Crippen LogP contribution in [-0.4, -0.2) is 22.6 Å². The van der Waals surface area contributed by atoms with Gasteiger partial charge in [0.05, 0.1) is 17.8 Å². The van der Waals surface area contributed by atoms with Crippen LogP contribution in [0.5, 0.6) is 0 Å². The van der Waals surface area contributed by atoms with Gasteiger partial charge in [-0.1, -0.05) is 6.92 Å². The number of aryl methyl sites for hydroxylation is 2. The van der Waals surface area contributed by atoms with Gasteiger partial charge in [-0.15, -0.1) is 23.7 Å². The van der Waals surface area contributed by atoms with E-state index in [0.717, 1.165) is 42.6 Å². The summed E-state index contributed by atoms with van der Waals surface area (Å²) >= 11 is 1.63. The Hall–Kier alpha value is -0.910. The Bertz CT molecular complexity index is 658. The van der Waals surface area contributed by atoms with Gasteiger partial charge in [-0.05, 0) is 38.3 Å². The van der Waals surface area contributed by atoms with Crippen LogP contribution in [0.1, 0.15) is 36.2 Å². The molecule has 1 aliphatic heterocycles. The summed E-state index contributed by atoms with van der Waals surface area (Å²) in [5.74, 6) is 0. The molecule has 0 bridgehead atoms. The van der Waals surface area contributed by atoms with Gasteiger partial charge in [-0.2, -0.15) is 0 Å². The van der Waals surface area contributed by atoms with E-state index in [2.05, 4.69) is 24.1 Å². The second kappa shape index (κ2) is 6.24. The van der Waals surface area contributed by atoms with E-state index >= 15 is 0 Å². The van der Waals surface area contributed by atoms with Crippen molar-refractivity contribution in [2.24, 2.45) is 0 Å². The van der Waals surface area contributed by atoms with Crippen LogP contribution in [0, 0.1) is 6.92 Å². The van der Waals surface area contributed by atoms with Gasteiger partial charge in [0.1, 0.15) is 4.83 Å². The molecule has 0 amide bonds. The number of rotatable bonds is 2. The zero-order valence-corrected chi connectivity index (χ0v) is 13.4. The SMILES string of the molecule is CCc1c(C)sc2ncn(C3CCCNC3)c(=O)c12.Cl. The third-order valence-electron chi connectivity index (χ3n) is 3.96. The Labute approximate surface area is 128 Å². The molecule has 0 aliphatic carbocycles. The Morgan fingerprint density at radius 2 is 2.35 bits per heavy atom. The molecule has 3 rings (SSSR count). The molecule has 1 atom stereocenters. The molecule has 1 saturated heterocycles. The van der Waals surface area contributed by atoms with Gasteiger partial charge in [0.25, 0.3) is 5.56 Å². The Balaban J connectivity index is 0.00000147. The van der Waals surface area contributed by atoms with Gasteiger partial charge in [0.2, 0.25) is 0 Å². The Morgan fingerprint density at radius 1 is 1.55 bits per heavy atom. The lowest BCUT2D eigenvalue weighted by atomic mass is 10.1. The van der Waals surface area contributed by atoms with E-state index in [4.69, 9.17) is 0 Å². The van der Waals surface area contributed by atoms with Crippen molar-refractivity contribution in [3.8, 4) is 0 Å². The van der Waals surface area contributed by atoms with Crippen LogP contribution in [0.25, 0.3) is 10.2 Å². The van der Waals surface area contributed by atoms with Crippen molar-refractivity contribution >= 4 is 34.0 Å². The zero-order chi connectivity index (χ0) is 13.4. The minimum atomic E-state index is 0. The first-order chi connectivity index (χ1) is 9.22. The normalized spacial score (nSPS) is 19.0. The van der Waals surface area contributed by atoms with Crippen LogP contribution >= 0.6 is 23.7 Å². The van der Waals surface area contributed by atoms with Gasteiger partial charge in [-0.3, -0.25) is 9.36 Å². The van der Waals surface area contributed by atoms with Crippen LogP contribution in [0.3, 0.4) is 0 Å². The summed E-state index contributed by atoms with van der Waals surface area (Å²) in [6.07, 6.45) is 4.82. The second-order valence-electron chi connectivity index (χ2n) is 5.13. The van der Waals surface area contributed by atoms with Crippen molar-refractivity contribution < 1.29 is 0 Å². The summed E-state index contributed by atoms with van der Waals surface area (Å²) in [5.41, 5.74) is 1.32. The number of aromatic nitrogens is 2. The van der Waals surface area contributed by atoms with E-state index in [0.29, 0.717) is 0 Å². The van der Waals surface area contributed by atoms with Crippen LogP contribution in [0.15, 0.2) is 11.1 Å². The summed E-state index contributed by atoms with van der Waals surface area (Å²) in [4.78, 5) is 19.3. The highest BCUT2D eigenvalue weighted by Gasteiger charge is 2.19. The van der Waals surface area contributed by atoms with E-state index in [1.807, 2.05) is 4.57 Å². The molecule has 1 fully saturated rings. The van der Waals surface area contributed by atoms with Crippen molar-refractivity contribution in [1.82, 2.24) is 14.9 Å². The van der Waals surface area contributed by atoms with Crippen molar-refractivity contribution in [3.05, 3.63) is 27.1 Å². The predicted molar refractivity (Wildman–Crippen MR) is 86.4 cm³/mol. The molecule has 0 aromatic carbocycles. The number of thiophene rings is 1. The summed E-state index contributed by atoms with van der Waals surface area (Å²) in [7, 11) is 0. The van der Waals surface area contributed by atoms with E-state index in [1.54, 1.807) is 17.7 Å². The third kappa shape index (κ3) is 2.50. The molecule has 0 saturated carbocycles. The second-order valence-corrected chi connectivity index (χ2v) is 6.33. The maximum atomic E-state index is 12.7. The lowest BCUT2D eigenvalue weighted by Gasteiger charge is -2.24. The number of fused-ring (bicyclic) bond motifs is 1. The lowest BCUT2D eigenvalue weighted by Crippen LogP contribution is -2.36. The standard InChI is InChI=1S/C14H19N3OS.ClH/c1-3-11-9(2)19-13-12(11)14(18)17(8-16-13)10-5-4-6-15-7-10;/h8,10,15H,3-7H2,1-2H3;1H. The Morgan fingerprint density at radius 3 is 3.00 bits per heavy atom. The summed E-state index contributed by atoms with van der Waals surface area (Å²) < 4.78 is 1.83. The Kier molecular flexibility index (Phi) is 4.83. The number of nitrogens with one attached hydrogen (secondary N) is 1. The smallest absolute Gasteiger partial charge is 0.262 e. The van der Waals surface area contributed by atoms with Crippen LogP contribution in [0.2, 0.25) is 0 Å². The van der Waals surface area contributed by atoms with Gasteiger partial charge in [-0.25, -0.2) is 4.98 Å². The van der Waals surface area contributed by atoms with Gasteiger partial charge in [0.15, 0.2) is 0 Å². The molecular weight excluding hydrogens is 294 g/mol. The highest BCUT2D eigenvalue weighted by molar-refractivity contribution is 7.18. The van der Waals surface area contributed by atoms with E-state index in [9.17, 15) is 4.79 Å². The summed E-state index contributed by atoms with van der Waals surface area (Å²) in [5, 5.41) is 4.20. The van der Waals surface area contributed by atoms with Gasteiger partial charge >= 0.3 is 0 Å². The summed E-state index contributed by atoms with van der Waals surface area (Å²) in [6, 6.07) is 0.253. The molecule has 1 N–H and O–H groups in total. The van der Waals surface area contributed by atoms with Crippen molar-refractivity contribution in [2.45, 2.75) is 39.2 Å². The minimum absolute atomic E-state index is 0. The number of hydrogen-bond donors (Lipinski definition) is 1. The van der Waals surface area contributed by atoms with Gasteiger partial charge < -0.3 is 5.32 Å². The molecule has 1 unspecified atom stereocenters. The molecule has 2 aromatic heterocycles.